The lowest BCUT2D eigenvalue weighted by Crippen LogP contribution is -2.25. The van der Waals surface area contributed by atoms with Gasteiger partial charge in [-0.05, 0) is 32.3 Å². The maximum atomic E-state index is 11.9. The summed E-state index contributed by atoms with van der Waals surface area (Å²) in [6, 6.07) is 0. The van der Waals surface area contributed by atoms with Crippen LogP contribution in [0.2, 0.25) is 0 Å². The molecule has 2 aromatic rings. The normalized spacial score (nSPS) is 17.5. The van der Waals surface area contributed by atoms with Gasteiger partial charge in [0.2, 0.25) is 5.91 Å². The van der Waals surface area contributed by atoms with Gasteiger partial charge in [0.05, 0.1) is 16.4 Å². The largest absolute Gasteiger partial charge is 0.356 e. The van der Waals surface area contributed by atoms with Gasteiger partial charge < -0.3 is 9.88 Å². The van der Waals surface area contributed by atoms with Gasteiger partial charge in [0.1, 0.15) is 0 Å². The molecular weight excluding hydrogens is 322 g/mol. The number of carbonyl (C=O) groups excluding carboxylic acids is 2. The minimum absolute atomic E-state index is 0.0928. The van der Waals surface area contributed by atoms with Gasteiger partial charge in [-0.15, -0.1) is 11.3 Å². The van der Waals surface area contributed by atoms with E-state index in [9.17, 15) is 9.59 Å². The fourth-order valence-corrected chi connectivity index (χ4v) is 4.50. The molecule has 2 aromatic heterocycles. The number of aromatic amines is 1. The Morgan fingerprint density at radius 2 is 2.17 bits per heavy atom. The summed E-state index contributed by atoms with van der Waals surface area (Å²) in [7, 11) is 0. The van der Waals surface area contributed by atoms with E-state index in [0.29, 0.717) is 5.92 Å². The number of Topliss-reactive ketones (excluding diaryl/α,β-unsaturated/α-hetero) is 1. The highest BCUT2D eigenvalue weighted by Crippen LogP contribution is 2.34. The van der Waals surface area contributed by atoms with Crippen molar-refractivity contribution in [3.63, 3.8) is 0 Å². The summed E-state index contributed by atoms with van der Waals surface area (Å²) in [6.45, 7) is 8.80. The quantitative estimate of drug-likeness (QED) is 0.862. The molecule has 0 aliphatic carbocycles. The lowest BCUT2D eigenvalue weighted by molar-refractivity contribution is -0.127. The maximum Gasteiger partial charge on any atom is 0.219 e. The first-order chi connectivity index (χ1) is 11.4. The minimum atomic E-state index is 0.0928. The molecule has 1 atom stereocenters. The number of nitrogens with zero attached hydrogens (tertiary/aromatic N) is 2. The van der Waals surface area contributed by atoms with Crippen LogP contribution in [0.15, 0.2) is 5.38 Å². The third-order valence-electron chi connectivity index (χ3n) is 4.76. The summed E-state index contributed by atoms with van der Waals surface area (Å²) in [5, 5.41) is 3.13. The van der Waals surface area contributed by atoms with Crippen LogP contribution < -0.4 is 0 Å². The first-order valence-corrected chi connectivity index (χ1v) is 9.24. The van der Waals surface area contributed by atoms with Crippen LogP contribution in [0.25, 0.3) is 11.4 Å². The van der Waals surface area contributed by atoms with Gasteiger partial charge in [0.15, 0.2) is 5.78 Å². The zero-order valence-corrected chi connectivity index (χ0v) is 15.4. The molecule has 128 valence electrons. The van der Waals surface area contributed by atoms with Crippen molar-refractivity contribution in [3.8, 4) is 11.4 Å². The van der Waals surface area contributed by atoms with Gasteiger partial charge in [0, 0.05) is 42.6 Å². The van der Waals surface area contributed by atoms with Gasteiger partial charge in [-0.3, -0.25) is 9.59 Å². The smallest absolute Gasteiger partial charge is 0.219 e. The predicted octanol–water partition coefficient (Wildman–Crippen LogP) is 3.55. The van der Waals surface area contributed by atoms with Gasteiger partial charge in [-0.2, -0.15) is 0 Å². The molecule has 1 aliphatic rings. The van der Waals surface area contributed by atoms with E-state index in [1.165, 1.54) is 0 Å². The first-order valence-electron chi connectivity index (χ1n) is 8.36. The summed E-state index contributed by atoms with van der Waals surface area (Å²) in [5.41, 5.74) is 4.62. The number of amides is 1. The van der Waals surface area contributed by atoms with Crippen molar-refractivity contribution < 1.29 is 9.59 Å². The van der Waals surface area contributed by atoms with Crippen LogP contribution in [0.3, 0.4) is 0 Å². The molecule has 3 rings (SSSR count). The van der Waals surface area contributed by atoms with Crippen molar-refractivity contribution in [2.45, 2.75) is 46.5 Å². The highest BCUT2D eigenvalue weighted by molar-refractivity contribution is 7.10. The van der Waals surface area contributed by atoms with Crippen LogP contribution in [-0.2, 0) is 11.2 Å². The number of ketones is 1. The molecular formula is C18H23N3O2S. The van der Waals surface area contributed by atoms with E-state index in [1.807, 2.05) is 11.8 Å². The van der Waals surface area contributed by atoms with E-state index in [1.54, 1.807) is 25.2 Å². The van der Waals surface area contributed by atoms with E-state index < -0.39 is 0 Å². The molecule has 1 aliphatic heterocycles. The molecule has 24 heavy (non-hydrogen) atoms. The average molecular weight is 345 g/mol. The Morgan fingerprint density at radius 3 is 2.75 bits per heavy atom. The van der Waals surface area contributed by atoms with Crippen LogP contribution in [0.1, 0.15) is 59.7 Å². The number of rotatable bonds is 4. The van der Waals surface area contributed by atoms with Gasteiger partial charge in [-0.25, -0.2) is 4.98 Å². The molecule has 0 aromatic carbocycles. The molecule has 5 nitrogen and oxygen atoms in total. The molecule has 0 bridgehead atoms. The minimum Gasteiger partial charge on any atom is -0.356 e. The molecule has 0 spiro atoms. The molecule has 1 fully saturated rings. The maximum absolute atomic E-state index is 11.9. The Balaban J connectivity index is 1.91. The zero-order chi connectivity index (χ0) is 17.4. The molecule has 1 saturated heterocycles. The summed E-state index contributed by atoms with van der Waals surface area (Å²) < 4.78 is 0. The molecule has 0 saturated carbocycles. The summed E-state index contributed by atoms with van der Waals surface area (Å²) in [6.07, 6.45) is 1.76. The van der Waals surface area contributed by atoms with Crippen LogP contribution in [0, 0.1) is 6.92 Å². The Morgan fingerprint density at radius 1 is 1.42 bits per heavy atom. The second kappa shape index (κ2) is 6.51. The fourth-order valence-electron chi connectivity index (χ4n) is 3.56. The standard InChI is InChI=1S/C18H23N3O2S/c1-5-14-16(11(3)22)10(2)19-17(14)15-9-24-18(20-15)13-6-7-21(8-13)12(4)23/h9,13,19H,5-8H2,1-4H3. The topological polar surface area (TPSA) is 66.1 Å². The second-order valence-electron chi connectivity index (χ2n) is 6.41. The SMILES string of the molecule is CCc1c(-c2csc(C3CCN(C(C)=O)C3)n2)[nH]c(C)c1C(C)=O. The van der Waals surface area contributed by atoms with Crippen molar-refractivity contribution in [2.75, 3.05) is 13.1 Å². The number of nitrogens with one attached hydrogen (secondary N) is 1. The molecule has 1 N–H and O–H groups in total. The van der Waals surface area contributed by atoms with E-state index >= 15 is 0 Å². The predicted molar refractivity (Wildman–Crippen MR) is 95.6 cm³/mol. The number of thiazole rings is 1. The lowest BCUT2D eigenvalue weighted by atomic mass is 10.0. The molecule has 1 unspecified atom stereocenters. The highest BCUT2D eigenvalue weighted by atomic mass is 32.1. The van der Waals surface area contributed by atoms with Crippen molar-refractivity contribution >= 4 is 23.0 Å². The van der Waals surface area contributed by atoms with Crippen molar-refractivity contribution in [1.29, 1.82) is 0 Å². The Kier molecular flexibility index (Phi) is 4.58. The molecule has 6 heteroatoms. The van der Waals surface area contributed by atoms with Gasteiger partial charge in [0.25, 0.3) is 0 Å². The number of hydrogen-bond acceptors (Lipinski definition) is 4. The zero-order valence-electron chi connectivity index (χ0n) is 14.6. The van der Waals surface area contributed by atoms with Crippen LogP contribution in [0.4, 0.5) is 0 Å². The number of carbonyl (C=O) groups is 2. The Bertz CT molecular complexity index is 790. The van der Waals surface area contributed by atoms with Crippen molar-refractivity contribution in [1.82, 2.24) is 14.9 Å². The fraction of sp³-hybridized carbons (Fsp3) is 0.500. The highest BCUT2D eigenvalue weighted by Gasteiger charge is 2.28. The van der Waals surface area contributed by atoms with Crippen LogP contribution >= 0.6 is 11.3 Å². The number of likely N-dealkylation sites (tertiary alicyclic amines) is 1. The van der Waals surface area contributed by atoms with E-state index in [-0.39, 0.29) is 11.7 Å². The Labute approximate surface area is 146 Å². The van der Waals surface area contributed by atoms with Crippen molar-refractivity contribution in [2.24, 2.45) is 0 Å². The lowest BCUT2D eigenvalue weighted by Gasteiger charge is -2.12. The Hall–Kier alpha value is -1.95. The first kappa shape index (κ1) is 16.9. The third kappa shape index (κ3) is 2.90. The number of hydrogen-bond donors (Lipinski definition) is 1. The number of H-pyrrole nitrogens is 1. The summed E-state index contributed by atoms with van der Waals surface area (Å²) >= 11 is 1.64. The monoisotopic (exact) mass is 345 g/mol. The molecule has 3 heterocycles. The second-order valence-corrected chi connectivity index (χ2v) is 7.30. The van der Waals surface area contributed by atoms with Crippen molar-refractivity contribution in [3.05, 3.63) is 27.2 Å². The van der Waals surface area contributed by atoms with E-state index in [0.717, 1.165) is 59.1 Å². The summed E-state index contributed by atoms with van der Waals surface area (Å²) in [4.78, 5) is 33.5. The molecule has 1 amide bonds. The third-order valence-corrected chi connectivity index (χ3v) is 5.76. The number of aromatic nitrogens is 2. The van der Waals surface area contributed by atoms with E-state index in [2.05, 4.69) is 17.3 Å². The van der Waals surface area contributed by atoms with Gasteiger partial charge >= 0.3 is 0 Å². The van der Waals surface area contributed by atoms with E-state index in [4.69, 9.17) is 4.98 Å². The van der Waals surface area contributed by atoms with Crippen LogP contribution in [0.5, 0.6) is 0 Å². The summed E-state index contributed by atoms with van der Waals surface area (Å²) in [5.74, 6) is 0.546. The van der Waals surface area contributed by atoms with Gasteiger partial charge in [-0.1, -0.05) is 6.92 Å². The van der Waals surface area contributed by atoms with Crippen LogP contribution in [-0.4, -0.2) is 39.6 Å². The average Bonchev–Trinajstić information content (AvgIpc) is 3.23. The number of aryl methyl sites for hydroxylation is 1. The molecule has 0 radical (unpaired) electrons.